The Morgan fingerprint density at radius 2 is 1.96 bits per heavy atom. The van der Waals surface area contributed by atoms with Crippen molar-refractivity contribution in [2.45, 2.75) is 51.7 Å². The molecule has 1 saturated heterocycles. The Kier molecular flexibility index (Phi) is 6.42. The Labute approximate surface area is 149 Å². The molecule has 1 heterocycles. The third kappa shape index (κ3) is 5.46. The molecule has 1 aliphatic heterocycles. The number of amides is 3. The molecule has 0 radical (unpaired) electrons. The largest absolute Gasteiger partial charge is 0.380 e. The summed E-state index contributed by atoms with van der Waals surface area (Å²) < 4.78 is 5.35. The van der Waals surface area contributed by atoms with Crippen LogP contribution in [0.4, 0.5) is 10.5 Å². The van der Waals surface area contributed by atoms with E-state index in [2.05, 4.69) is 10.6 Å². The van der Waals surface area contributed by atoms with Gasteiger partial charge in [-0.25, -0.2) is 4.79 Å². The molecule has 1 unspecified atom stereocenters. The van der Waals surface area contributed by atoms with E-state index in [1.54, 1.807) is 36.3 Å². The fourth-order valence-electron chi connectivity index (χ4n) is 2.69. The first-order valence-corrected chi connectivity index (χ1v) is 8.86. The number of nitrogens with zero attached hydrogens (tertiary/aromatic N) is 1. The van der Waals surface area contributed by atoms with Crippen molar-refractivity contribution >= 4 is 17.6 Å². The molecule has 1 aliphatic rings. The standard InChI is InChI=1S/C19H29N3O3/c1-5-19(2,3)21-17(23)14-8-10-15(11-9-14)20-18(24)22-12-6-7-16(13-22)25-4/h8-11,16H,5-7,12-13H2,1-4H3,(H,20,24)(H,21,23). The number of methoxy groups -OCH3 is 1. The number of hydrogen-bond donors (Lipinski definition) is 2. The van der Waals surface area contributed by atoms with Crippen molar-refractivity contribution in [3.8, 4) is 0 Å². The van der Waals surface area contributed by atoms with Gasteiger partial charge in [0, 0.05) is 37.0 Å². The molecule has 0 saturated carbocycles. The molecule has 1 fully saturated rings. The number of ether oxygens (including phenoxy) is 1. The number of hydrogen-bond acceptors (Lipinski definition) is 3. The molecule has 0 spiro atoms. The van der Waals surface area contributed by atoms with Gasteiger partial charge in [0.05, 0.1) is 6.10 Å². The van der Waals surface area contributed by atoms with Gasteiger partial charge in [-0.3, -0.25) is 4.79 Å². The number of carbonyl (C=O) groups excluding carboxylic acids is 2. The zero-order valence-corrected chi connectivity index (χ0v) is 15.6. The SMILES string of the molecule is CCC(C)(C)NC(=O)c1ccc(NC(=O)N2CCCC(OC)C2)cc1. The van der Waals surface area contributed by atoms with E-state index >= 15 is 0 Å². The normalized spacial score (nSPS) is 17.9. The van der Waals surface area contributed by atoms with E-state index in [0.717, 1.165) is 25.8 Å². The van der Waals surface area contributed by atoms with Crippen LogP contribution in [-0.4, -0.2) is 48.7 Å². The summed E-state index contributed by atoms with van der Waals surface area (Å²) in [6, 6.07) is 6.83. The highest BCUT2D eigenvalue weighted by Gasteiger charge is 2.23. The van der Waals surface area contributed by atoms with E-state index < -0.39 is 0 Å². The lowest BCUT2D eigenvalue weighted by Gasteiger charge is -2.31. The van der Waals surface area contributed by atoms with Crippen molar-refractivity contribution in [3.63, 3.8) is 0 Å². The minimum atomic E-state index is -0.240. The van der Waals surface area contributed by atoms with E-state index in [-0.39, 0.29) is 23.6 Å². The van der Waals surface area contributed by atoms with Gasteiger partial charge in [0.25, 0.3) is 5.91 Å². The second-order valence-electron chi connectivity index (χ2n) is 7.15. The number of piperidine rings is 1. The summed E-state index contributed by atoms with van der Waals surface area (Å²) >= 11 is 0. The maximum Gasteiger partial charge on any atom is 0.321 e. The van der Waals surface area contributed by atoms with Crippen LogP contribution in [0.2, 0.25) is 0 Å². The van der Waals surface area contributed by atoms with Gasteiger partial charge in [-0.05, 0) is 57.4 Å². The van der Waals surface area contributed by atoms with E-state index in [9.17, 15) is 9.59 Å². The quantitative estimate of drug-likeness (QED) is 0.859. The zero-order chi connectivity index (χ0) is 18.4. The molecule has 2 rings (SSSR count). The minimum Gasteiger partial charge on any atom is -0.380 e. The molecule has 6 nitrogen and oxygen atoms in total. The molecule has 0 aromatic heterocycles. The Morgan fingerprint density at radius 1 is 1.28 bits per heavy atom. The van der Waals surface area contributed by atoms with E-state index in [1.165, 1.54) is 0 Å². The van der Waals surface area contributed by atoms with Crippen molar-refractivity contribution in [1.82, 2.24) is 10.2 Å². The Morgan fingerprint density at radius 3 is 2.56 bits per heavy atom. The summed E-state index contributed by atoms with van der Waals surface area (Å²) in [5.74, 6) is -0.108. The first-order valence-electron chi connectivity index (χ1n) is 8.86. The number of rotatable bonds is 5. The first kappa shape index (κ1) is 19.2. The molecule has 1 aromatic rings. The van der Waals surface area contributed by atoms with Gasteiger partial charge in [0.2, 0.25) is 0 Å². The highest BCUT2D eigenvalue weighted by atomic mass is 16.5. The van der Waals surface area contributed by atoms with Crippen molar-refractivity contribution in [2.75, 3.05) is 25.5 Å². The summed E-state index contributed by atoms with van der Waals surface area (Å²) in [7, 11) is 1.68. The Balaban J connectivity index is 1.93. The smallest absolute Gasteiger partial charge is 0.321 e. The van der Waals surface area contributed by atoms with Gasteiger partial charge in [0.15, 0.2) is 0 Å². The molecule has 138 valence electrons. The summed E-state index contributed by atoms with van der Waals surface area (Å²) in [4.78, 5) is 26.4. The first-order chi connectivity index (χ1) is 11.8. The van der Waals surface area contributed by atoms with Crippen molar-refractivity contribution in [2.24, 2.45) is 0 Å². The van der Waals surface area contributed by atoms with Crippen LogP contribution in [0.3, 0.4) is 0 Å². The average molecular weight is 347 g/mol. The number of urea groups is 1. The molecular weight excluding hydrogens is 318 g/mol. The van der Waals surface area contributed by atoms with Gasteiger partial charge in [-0.15, -0.1) is 0 Å². The lowest BCUT2D eigenvalue weighted by molar-refractivity contribution is 0.0458. The zero-order valence-electron chi connectivity index (χ0n) is 15.6. The summed E-state index contributed by atoms with van der Waals surface area (Å²) in [6.45, 7) is 7.36. The molecule has 0 aliphatic carbocycles. The number of carbonyl (C=O) groups is 2. The van der Waals surface area contributed by atoms with Gasteiger partial charge >= 0.3 is 6.03 Å². The third-order valence-electron chi connectivity index (χ3n) is 4.73. The van der Waals surface area contributed by atoms with Gasteiger partial charge in [-0.2, -0.15) is 0 Å². The van der Waals surface area contributed by atoms with Crippen LogP contribution in [0.5, 0.6) is 0 Å². The number of benzene rings is 1. The van der Waals surface area contributed by atoms with Gasteiger partial charge in [0.1, 0.15) is 0 Å². The lowest BCUT2D eigenvalue weighted by Crippen LogP contribution is -2.44. The van der Waals surface area contributed by atoms with Crippen LogP contribution in [-0.2, 0) is 4.74 Å². The minimum absolute atomic E-state index is 0.104. The number of likely N-dealkylation sites (tertiary alicyclic amines) is 1. The molecule has 6 heteroatoms. The second kappa shape index (κ2) is 8.34. The molecular formula is C19H29N3O3. The van der Waals surface area contributed by atoms with Crippen LogP contribution < -0.4 is 10.6 Å². The fourth-order valence-corrected chi connectivity index (χ4v) is 2.69. The van der Waals surface area contributed by atoms with Crippen molar-refractivity contribution < 1.29 is 14.3 Å². The highest BCUT2D eigenvalue weighted by Crippen LogP contribution is 2.16. The molecule has 1 aromatic carbocycles. The van der Waals surface area contributed by atoms with Crippen LogP contribution in [0, 0.1) is 0 Å². The predicted octanol–water partition coefficient (Wildman–Crippen LogP) is 3.25. The number of nitrogens with one attached hydrogen (secondary N) is 2. The Bertz CT molecular complexity index is 598. The summed E-state index contributed by atoms with van der Waals surface area (Å²) in [6.07, 6.45) is 2.88. The third-order valence-corrected chi connectivity index (χ3v) is 4.73. The summed E-state index contributed by atoms with van der Waals surface area (Å²) in [5, 5.41) is 5.88. The summed E-state index contributed by atoms with van der Waals surface area (Å²) in [5.41, 5.74) is 1.02. The molecule has 25 heavy (non-hydrogen) atoms. The van der Waals surface area contributed by atoms with Crippen LogP contribution >= 0.6 is 0 Å². The van der Waals surface area contributed by atoms with Crippen LogP contribution in [0.25, 0.3) is 0 Å². The van der Waals surface area contributed by atoms with E-state index in [0.29, 0.717) is 17.8 Å². The van der Waals surface area contributed by atoms with Crippen molar-refractivity contribution in [3.05, 3.63) is 29.8 Å². The molecule has 2 N–H and O–H groups in total. The van der Waals surface area contributed by atoms with E-state index in [4.69, 9.17) is 4.74 Å². The molecule has 0 bridgehead atoms. The maximum atomic E-state index is 12.4. The fraction of sp³-hybridized carbons (Fsp3) is 0.579. The van der Waals surface area contributed by atoms with Crippen LogP contribution in [0.15, 0.2) is 24.3 Å². The van der Waals surface area contributed by atoms with Crippen LogP contribution in [0.1, 0.15) is 50.4 Å². The predicted molar refractivity (Wildman–Crippen MR) is 98.9 cm³/mol. The lowest BCUT2D eigenvalue weighted by atomic mass is 10.0. The van der Waals surface area contributed by atoms with Gasteiger partial charge < -0.3 is 20.3 Å². The average Bonchev–Trinajstić information content (AvgIpc) is 2.62. The monoisotopic (exact) mass is 347 g/mol. The second-order valence-corrected chi connectivity index (χ2v) is 7.15. The topological polar surface area (TPSA) is 70.7 Å². The van der Waals surface area contributed by atoms with E-state index in [1.807, 2.05) is 20.8 Å². The molecule has 3 amide bonds. The number of anilines is 1. The van der Waals surface area contributed by atoms with Gasteiger partial charge in [-0.1, -0.05) is 6.92 Å². The maximum absolute atomic E-state index is 12.4. The van der Waals surface area contributed by atoms with Crippen molar-refractivity contribution in [1.29, 1.82) is 0 Å². The Hall–Kier alpha value is -2.08. The highest BCUT2D eigenvalue weighted by molar-refractivity contribution is 5.96. The molecule has 1 atom stereocenters.